The normalized spacial score (nSPS) is 11.8. The first-order chi connectivity index (χ1) is 13.8. The van der Waals surface area contributed by atoms with E-state index in [0.29, 0.717) is 6.54 Å². The van der Waals surface area contributed by atoms with Gasteiger partial charge in [0.25, 0.3) is 0 Å². The molecule has 168 valence electrons. The Labute approximate surface area is 175 Å². The Balaban J connectivity index is 4.53. The molecule has 0 aliphatic carbocycles. The minimum Gasteiger partial charge on any atom is -0.550 e. The largest absolute Gasteiger partial charge is 0.550 e. The number of carboxylic acid groups (broad SMARTS) is 3. The zero-order chi connectivity index (χ0) is 22.0. The molecule has 0 amide bonds. The molecule has 0 unspecified atom stereocenters. The van der Waals surface area contributed by atoms with E-state index < -0.39 is 17.9 Å². The number of allylic oxidation sites excluding steroid dienone is 1. The van der Waals surface area contributed by atoms with E-state index in [0.717, 1.165) is 12.8 Å². The highest BCUT2D eigenvalue weighted by Gasteiger charge is 2.27. The Morgan fingerprint density at radius 2 is 1.24 bits per heavy atom. The van der Waals surface area contributed by atoms with Gasteiger partial charge in [-0.25, -0.2) is 0 Å². The average molecular weight is 414 g/mol. The van der Waals surface area contributed by atoms with Gasteiger partial charge in [-0.3, -0.25) is 9.59 Å². The number of hydrogen-bond donors (Lipinski definition) is 2. The fourth-order valence-corrected chi connectivity index (χ4v) is 3.42. The summed E-state index contributed by atoms with van der Waals surface area (Å²) in [6.07, 6.45) is 14.4. The van der Waals surface area contributed by atoms with Gasteiger partial charge in [0.05, 0.1) is 39.0 Å². The summed E-state index contributed by atoms with van der Waals surface area (Å²) in [5.41, 5.74) is 0. The predicted octanol–water partition coefficient (Wildman–Crippen LogP) is 2.98. The molecule has 0 spiro atoms. The van der Waals surface area contributed by atoms with Crippen LogP contribution in [-0.2, 0) is 14.4 Å². The lowest BCUT2D eigenvalue weighted by Crippen LogP contribution is -2.52. The SMILES string of the molecule is CCCCCCCCCC/C=C/C[N+](CCC(=O)[O-])(CCC(=O)O)CCC(=O)O. The van der Waals surface area contributed by atoms with E-state index in [1.165, 1.54) is 44.9 Å². The first-order valence-electron chi connectivity index (χ1n) is 10.9. The van der Waals surface area contributed by atoms with Gasteiger partial charge in [0, 0.05) is 12.4 Å². The van der Waals surface area contributed by atoms with Crippen molar-refractivity contribution in [1.82, 2.24) is 0 Å². The van der Waals surface area contributed by atoms with Gasteiger partial charge in [-0.05, 0) is 18.9 Å². The van der Waals surface area contributed by atoms with Crippen LogP contribution in [0.15, 0.2) is 12.2 Å². The van der Waals surface area contributed by atoms with Crippen molar-refractivity contribution in [3.8, 4) is 0 Å². The number of aliphatic carboxylic acids is 3. The van der Waals surface area contributed by atoms with Crippen molar-refractivity contribution in [2.75, 3.05) is 26.2 Å². The molecular formula is C22H39NO6. The standard InChI is InChI=1S/C22H39NO6/c1-2-3-4-5-6-7-8-9-10-11-12-16-23(17-13-20(24)25,18-14-21(26)27)19-15-22(28)29/h11-12H,2-10,13-19H2,1H3,(H2-,24,25,26,27,28,29)/b12-11+. The van der Waals surface area contributed by atoms with Crippen molar-refractivity contribution in [3.63, 3.8) is 0 Å². The molecule has 0 radical (unpaired) electrons. The van der Waals surface area contributed by atoms with E-state index in [2.05, 4.69) is 6.92 Å². The molecule has 0 saturated carbocycles. The maximum Gasteiger partial charge on any atom is 0.309 e. The van der Waals surface area contributed by atoms with E-state index in [1.807, 2.05) is 12.2 Å². The molecule has 0 fully saturated rings. The Hall–Kier alpha value is -1.89. The van der Waals surface area contributed by atoms with Crippen molar-refractivity contribution in [1.29, 1.82) is 0 Å². The average Bonchev–Trinajstić information content (AvgIpc) is 2.66. The number of carbonyl (C=O) groups excluding carboxylic acids is 1. The Morgan fingerprint density at radius 3 is 1.72 bits per heavy atom. The second kappa shape index (κ2) is 17.0. The summed E-state index contributed by atoms with van der Waals surface area (Å²) in [5.74, 6) is -3.15. The molecule has 0 heterocycles. The van der Waals surface area contributed by atoms with E-state index in [1.54, 1.807) is 0 Å². The van der Waals surface area contributed by atoms with Crippen LogP contribution in [0.4, 0.5) is 0 Å². The zero-order valence-electron chi connectivity index (χ0n) is 17.9. The highest BCUT2D eigenvalue weighted by atomic mass is 16.4. The van der Waals surface area contributed by atoms with Crippen molar-refractivity contribution >= 4 is 17.9 Å². The number of quaternary nitrogens is 1. The summed E-state index contributed by atoms with van der Waals surface area (Å²) < 4.78 is 0.139. The van der Waals surface area contributed by atoms with Crippen LogP contribution in [0.1, 0.15) is 84.0 Å². The molecular weight excluding hydrogens is 374 g/mol. The molecule has 2 N–H and O–H groups in total. The van der Waals surface area contributed by atoms with Crippen LogP contribution >= 0.6 is 0 Å². The Bertz CT molecular complexity index is 458. The molecule has 0 aliphatic rings. The number of unbranched alkanes of at least 4 members (excludes halogenated alkanes) is 8. The molecule has 0 aromatic heterocycles. The molecule has 0 aromatic carbocycles. The fraction of sp³-hybridized carbons (Fsp3) is 0.773. The minimum atomic E-state index is -1.21. The van der Waals surface area contributed by atoms with Gasteiger partial charge in [0.15, 0.2) is 0 Å². The van der Waals surface area contributed by atoms with Crippen LogP contribution in [-0.4, -0.2) is 58.8 Å². The fourth-order valence-electron chi connectivity index (χ4n) is 3.42. The third kappa shape index (κ3) is 16.7. The first-order valence-corrected chi connectivity index (χ1v) is 10.9. The molecule has 0 atom stereocenters. The lowest BCUT2D eigenvalue weighted by atomic mass is 10.1. The number of rotatable bonds is 20. The van der Waals surface area contributed by atoms with Gasteiger partial charge in [-0.2, -0.15) is 0 Å². The van der Waals surface area contributed by atoms with Gasteiger partial charge in [-0.1, -0.05) is 57.9 Å². The van der Waals surface area contributed by atoms with Crippen molar-refractivity contribution in [2.45, 2.75) is 84.0 Å². The topological polar surface area (TPSA) is 115 Å². The van der Waals surface area contributed by atoms with Crippen LogP contribution in [0.3, 0.4) is 0 Å². The number of nitrogens with zero attached hydrogens (tertiary/aromatic N) is 1. The lowest BCUT2D eigenvalue weighted by Gasteiger charge is -2.37. The van der Waals surface area contributed by atoms with Crippen LogP contribution < -0.4 is 5.11 Å². The van der Waals surface area contributed by atoms with Crippen LogP contribution in [0.5, 0.6) is 0 Å². The smallest absolute Gasteiger partial charge is 0.309 e. The van der Waals surface area contributed by atoms with E-state index >= 15 is 0 Å². The minimum absolute atomic E-state index is 0.126. The van der Waals surface area contributed by atoms with Crippen molar-refractivity contribution < 1.29 is 34.2 Å². The van der Waals surface area contributed by atoms with Gasteiger partial charge in [-0.15, -0.1) is 0 Å². The summed E-state index contributed by atoms with van der Waals surface area (Å²) >= 11 is 0. The molecule has 0 aromatic rings. The zero-order valence-corrected chi connectivity index (χ0v) is 17.9. The Morgan fingerprint density at radius 1 is 0.759 bits per heavy atom. The van der Waals surface area contributed by atoms with E-state index in [4.69, 9.17) is 10.2 Å². The third-order valence-electron chi connectivity index (χ3n) is 5.27. The summed E-state index contributed by atoms with van der Waals surface area (Å²) in [4.78, 5) is 32.9. The lowest BCUT2D eigenvalue weighted by molar-refractivity contribution is -0.921. The first kappa shape index (κ1) is 27.1. The molecule has 0 rings (SSSR count). The maximum absolute atomic E-state index is 11.0. The van der Waals surface area contributed by atoms with Gasteiger partial charge in [0.1, 0.15) is 0 Å². The molecule has 29 heavy (non-hydrogen) atoms. The molecule has 7 heteroatoms. The molecule has 0 aliphatic heterocycles. The van der Waals surface area contributed by atoms with Gasteiger partial charge in [0.2, 0.25) is 0 Å². The van der Waals surface area contributed by atoms with E-state index in [-0.39, 0.29) is 43.4 Å². The molecule has 7 nitrogen and oxygen atoms in total. The van der Waals surface area contributed by atoms with Crippen LogP contribution in [0, 0.1) is 0 Å². The van der Waals surface area contributed by atoms with Gasteiger partial charge < -0.3 is 24.6 Å². The number of carbonyl (C=O) groups is 3. The van der Waals surface area contributed by atoms with Crippen molar-refractivity contribution in [3.05, 3.63) is 12.2 Å². The second-order valence-electron chi connectivity index (χ2n) is 7.84. The number of carboxylic acids is 3. The monoisotopic (exact) mass is 413 g/mol. The number of hydrogen-bond acceptors (Lipinski definition) is 4. The molecule has 0 bridgehead atoms. The highest BCUT2D eigenvalue weighted by molar-refractivity contribution is 5.67. The van der Waals surface area contributed by atoms with Crippen LogP contribution in [0.2, 0.25) is 0 Å². The van der Waals surface area contributed by atoms with Gasteiger partial charge >= 0.3 is 11.9 Å². The Kier molecular flexibility index (Phi) is 15.9. The predicted molar refractivity (Wildman–Crippen MR) is 110 cm³/mol. The summed E-state index contributed by atoms with van der Waals surface area (Å²) in [5, 5.41) is 28.9. The third-order valence-corrected chi connectivity index (χ3v) is 5.27. The summed E-state index contributed by atoms with van der Waals surface area (Å²) in [6.45, 7) is 3.23. The maximum atomic E-state index is 11.0. The van der Waals surface area contributed by atoms with Crippen LogP contribution in [0.25, 0.3) is 0 Å². The second-order valence-corrected chi connectivity index (χ2v) is 7.84. The summed E-state index contributed by atoms with van der Waals surface area (Å²) in [6, 6.07) is 0. The van der Waals surface area contributed by atoms with Crippen molar-refractivity contribution in [2.24, 2.45) is 0 Å². The molecule has 0 saturated heterocycles. The van der Waals surface area contributed by atoms with E-state index in [9.17, 15) is 19.5 Å². The highest BCUT2D eigenvalue weighted by Crippen LogP contribution is 2.14. The summed E-state index contributed by atoms with van der Waals surface area (Å²) in [7, 11) is 0. The quantitative estimate of drug-likeness (QED) is 0.180.